The molecule has 0 aromatic carbocycles. The molecule has 1 aromatic heterocycles. The Labute approximate surface area is 174 Å². The molecule has 0 fully saturated rings. The van der Waals surface area contributed by atoms with Crippen molar-refractivity contribution in [1.29, 1.82) is 0 Å². The molecule has 4 nitrogen and oxygen atoms in total. The summed E-state index contributed by atoms with van der Waals surface area (Å²) in [4.78, 5) is 11.5. The standard InChI is InChI=1S/C25H34O4/c1-18(8-5-9-19(2)11-7-13-22-14-15-28-17-22)10-6-12-20(3)16-23-24(26)21(4)25(27)29-23/h8,11-12,14-15,17,23,26H,5-7,9-10,13,16H2,1-4H3/t23-/m1/s1. The van der Waals surface area contributed by atoms with Crippen molar-refractivity contribution in [2.45, 2.75) is 78.7 Å². The second-order valence-electron chi connectivity index (χ2n) is 8.01. The van der Waals surface area contributed by atoms with Gasteiger partial charge in [-0.3, -0.25) is 0 Å². The van der Waals surface area contributed by atoms with Crippen molar-refractivity contribution >= 4 is 5.97 Å². The van der Waals surface area contributed by atoms with Gasteiger partial charge >= 0.3 is 5.97 Å². The summed E-state index contributed by atoms with van der Waals surface area (Å²) in [5.41, 5.74) is 5.54. The molecule has 4 heteroatoms. The smallest absolute Gasteiger partial charge is 0.338 e. The minimum absolute atomic E-state index is 0.0759. The minimum atomic E-state index is -0.515. The van der Waals surface area contributed by atoms with Gasteiger partial charge in [-0.1, -0.05) is 34.9 Å². The second-order valence-corrected chi connectivity index (χ2v) is 8.01. The highest BCUT2D eigenvalue weighted by Gasteiger charge is 2.31. The number of carbonyl (C=O) groups is 1. The Morgan fingerprint density at radius 3 is 2.21 bits per heavy atom. The molecular weight excluding hydrogens is 364 g/mol. The topological polar surface area (TPSA) is 59.7 Å². The molecule has 0 amide bonds. The highest BCUT2D eigenvalue weighted by Crippen LogP contribution is 2.25. The lowest BCUT2D eigenvalue weighted by Gasteiger charge is -2.10. The van der Waals surface area contributed by atoms with Crippen LogP contribution in [-0.4, -0.2) is 17.2 Å². The first-order valence-electron chi connectivity index (χ1n) is 10.5. The quantitative estimate of drug-likeness (QED) is 0.330. The maximum atomic E-state index is 11.5. The third kappa shape index (κ3) is 7.80. The van der Waals surface area contributed by atoms with Gasteiger partial charge < -0.3 is 14.3 Å². The summed E-state index contributed by atoms with van der Waals surface area (Å²) in [5, 5.41) is 9.92. The molecule has 1 atom stereocenters. The number of esters is 1. The van der Waals surface area contributed by atoms with Crippen molar-refractivity contribution in [3.05, 3.63) is 70.4 Å². The van der Waals surface area contributed by atoms with Crippen LogP contribution in [0.4, 0.5) is 0 Å². The molecule has 1 aromatic rings. The molecule has 1 aliphatic rings. The van der Waals surface area contributed by atoms with Crippen molar-refractivity contribution in [2.24, 2.45) is 0 Å². The normalized spacial score (nSPS) is 18.6. The molecule has 29 heavy (non-hydrogen) atoms. The van der Waals surface area contributed by atoms with Gasteiger partial charge in [-0.15, -0.1) is 0 Å². The molecule has 2 rings (SSSR count). The zero-order chi connectivity index (χ0) is 21.2. The number of aryl methyl sites for hydroxylation is 1. The lowest BCUT2D eigenvalue weighted by molar-refractivity contribution is -0.140. The van der Waals surface area contributed by atoms with Crippen LogP contribution < -0.4 is 0 Å². The van der Waals surface area contributed by atoms with Crippen molar-refractivity contribution in [2.75, 3.05) is 0 Å². The Balaban J connectivity index is 1.65. The Bertz CT molecular complexity index is 791. The molecule has 0 spiro atoms. The molecular formula is C25H34O4. The van der Waals surface area contributed by atoms with Gasteiger partial charge in [0.05, 0.1) is 18.1 Å². The average molecular weight is 399 g/mol. The molecule has 1 N–H and O–H groups in total. The van der Waals surface area contributed by atoms with E-state index in [1.807, 2.05) is 19.3 Å². The van der Waals surface area contributed by atoms with Crippen LogP contribution in [0.5, 0.6) is 0 Å². The fraction of sp³-hybridized carbons (Fsp3) is 0.480. The van der Waals surface area contributed by atoms with Crippen molar-refractivity contribution in [3.63, 3.8) is 0 Å². The molecule has 0 saturated carbocycles. The highest BCUT2D eigenvalue weighted by atomic mass is 16.6. The van der Waals surface area contributed by atoms with Crippen LogP contribution in [0.3, 0.4) is 0 Å². The monoisotopic (exact) mass is 398 g/mol. The number of cyclic esters (lactones) is 1. The summed E-state index contributed by atoms with van der Waals surface area (Å²) in [5.74, 6) is -0.336. The highest BCUT2D eigenvalue weighted by molar-refractivity contribution is 5.91. The summed E-state index contributed by atoms with van der Waals surface area (Å²) >= 11 is 0. The summed E-state index contributed by atoms with van der Waals surface area (Å²) in [6.45, 7) is 8.00. The molecule has 0 radical (unpaired) electrons. The van der Waals surface area contributed by atoms with E-state index in [1.54, 1.807) is 13.2 Å². The first kappa shape index (κ1) is 22.8. The largest absolute Gasteiger partial charge is 0.508 e. The summed E-state index contributed by atoms with van der Waals surface area (Å²) < 4.78 is 10.3. The predicted octanol–water partition coefficient (Wildman–Crippen LogP) is 6.76. The van der Waals surface area contributed by atoms with Gasteiger partial charge in [0.1, 0.15) is 5.76 Å². The first-order valence-corrected chi connectivity index (χ1v) is 10.5. The summed E-state index contributed by atoms with van der Waals surface area (Å²) in [7, 11) is 0. The number of allylic oxidation sites excluding steroid dienone is 5. The van der Waals surface area contributed by atoms with Gasteiger partial charge in [-0.25, -0.2) is 4.79 Å². The minimum Gasteiger partial charge on any atom is -0.508 e. The van der Waals surface area contributed by atoms with E-state index in [0.29, 0.717) is 12.0 Å². The van der Waals surface area contributed by atoms with E-state index >= 15 is 0 Å². The lowest BCUT2D eigenvalue weighted by Crippen LogP contribution is -2.12. The van der Waals surface area contributed by atoms with Gasteiger partial charge in [0, 0.05) is 6.42 Å². The van der Waals surface area contributed by atoms with Crippen LogP contribution in [0, 0.1) is 0 Å². The average Bonchev–Trinajstić information content (AvgIpc) is 3.27. The fourth-order valence-corrected chi connectivity index (χ4v) is 3.35. The van der Waals surface area contributed by atoms with Crippen LogP contribution in [0.1, 0.15) is 71.8 Å². The third-order valence-electron chi connectivity index (χ3n) is 5.32. The van der Waals surface area contributed by atoms with E-state index < -0.39 is 12.1 Å². The van der Waals surface area contributed by atoms with Crippen LogP contribution in [-0.2, 0) is 16.0 Å². The number of ether oxygens (including phenoxy) is 1. The van der Waals surface area contributed by atoms with Gasteiger partial charge in [0.15, 0.2) is 6.10 Å². The Hall–Kier alpha value is -2.49. The van der Waals surface area contributed by atoms with Gasteiger partial charge in [-0.05, 0) is 77.8 Å². The molecule has 0 unspecified atom stereocenters. The van der Waals surface area contributed by atoms with Crippen LogP contribution in [0.15, 0.2) is 69.3 Å². The molecule has 0 saturated heterocycles. The van der Waals surface area contributed by atoms with E-state index in [0.717, 1.165) is 44.1 Å². The van der Waals surface area contributed by atoms with E-state index in [1.165, 1.54) is 16.7 Å². The molecule has 158 valence electrons. The van der Waals surface area contributed by atoms with E-state index in [9.17, 15) is 9.90 Å². The van der Waals surface area contributed by atoms with Crippen molar-refractivity contribution in [3.8, 4) is 0 Å². The second kappa shape index (κ2) is 11.5. The Morgan fingerprint density at radius 2 is 1.66 bits per heavy atom. The van der Waals surface area contributed by atoms with Gasteiger partial charge in [-0.2, -0.15) is 0 Å². The van der Waals surface area contributed by atoms with Crippen LogP contribution in [0.2, 0.25) is 0 Å². The Kier molecular flexibility index (Phi) is 9.04. The first-order chi connectivity index (χ1) is 13.9. The molecule has 0 aliphatic carbocycles. The number of hydrogen-bond donors (Lipinski definition) is 1. The number of aliphatic hydroxyl groups is 1. The van der Waals surface area contributed by atoms with Crippen LogP contribution in [0.25, 0.3) is 0 Å². The van der Waals surface area contributed by atoms with E-state index in [-0.39, 0.29) is 5.76 Å². The number of aliphatic hydroxyl groups excluding tert-OH is 1. The summed E-state index contributed by atoms with van der Waals surface area (Å²) in [6.07, 6.45) is 16.6. The molecule has 2 heterocycles. The van der Waals surface area contributed by atoms with Crippen molar-refractivity contribution < 1.29 is 19.1 Å². The number of rotatable bonds is 11. The summed E-state index contributed by atoms with van der Waals surface area (Å²) in [6, 6.07) is 2.02. The number of carbonyl (C=O) groups excluding carboxylic acids is 1. The predicted molar refractivity (Wildman–Crippen MR) is 117 cm³/mol. The maximum absolute atomic E-state index is 11.5. The third-order valence-corrected chi connectivity index (χ3v) is 5.32. The zero-order valence-electron chi connectivity index (χ0n) is 18.2. The lowest BCUT2D eigenvalue weighted by atomic mass is 10.0. The molecule has 0 bridgehead atoms. The van der Waals surface area contributed by atoms with Crippen LogP contribution >= 0.6 is 0 Å². The van der Waals surface area contributed by atoms with E-state index in [2.05, 4.69) is 32.1 Å². The molecule has 1 aliphatic heterocycles. The number of hydrogen-bond acceptors (Lipinski definition) is 4. The van der Waals surface area contributed by atoms with Gasteiger partial charge in [0.25, 0.3) is 0 Å². The number of furan rings is 1. The van der Waals surface area contributed by atoms with Crippen molar-refractivity contribution in [1.82, 2.24) is 0 Å². The Morgan fingerprint density at radius 1 is 1.03 bits per heavy atom. The SMILES string of the molecule is CC(=CCCC(C)=CCCc1ccoc1)CCC=C(C)C[C@H]1OC(=O)C(C)=C1O. The zero-order valence-corrected chi connectivity index (χ0v) is 18.2. The fourth-order valence-electron chi connectivity index (χ4n) is 3.35. The maximum Gasteiger partial charge on any atom is 0.338 e. The van der Waals surface area contributed by atoms with E-state index in [4.69, 9.17) is 9.15 Å². The van der Waals surface area contributed by atoms with Gasteiger partial charge in [0.2, 0.25) is 0 Å².